The van der Waals surface area contributed by atoms with Gasteiger partial charge in [0, 0.05) is 12.8 Å². The van der Waals surface area contributed by atoms with Crippen molar-refractivity contribution in [1.29, 1.82) is 5.26 Å². The molecule has 12 heteroatoms. The zero-order valence-electron chi connectivity index (χ0n) is 23.2. The summed E-state index contributed by atoms with van der Waals surface area (Å²) in [5.41, 5.74) is 6.71. The Balaban J connectivity index is 0.00000462. The molecule has 1 aliphatic rings. The van der Waals surface area contributed by atoms with E-state index in [9.17, 15) is 28.1 Å². The molecule has 3 aromatic carbocycles. The van der Waals surface area contributed by atoms with Gasteiger partial charge in [-0.15, -0.1) is 12.4 Å². The number of nitrogens with one attached hydrogen (secondary N) is 1. The summed E-state index contributed by atoms with van der Waals surface area (Å²) < 4.78 is 24.2. The van der Waals surface area contributed by atoms with Crippen molar-refractivity contribution < 1.29 is 22.8 Å². The number of primary amides is 1. The van der Waals surface area contributed by atoms with E-state index in [0.717, 1.165) is 28.2 Å². The van der Waals surface area contributed by atoms with Crippen LogP contribution in [0.3, 0.4) is 0 Å². The monoisotopic (exact) mass is 597 g/mol. The number of sulfone groups is 1. The zero-order chi connectivity index (χ0) is 29.4. The van der Waals surface area contributed by atoms with Crippen molar-refractivity contribution in [3.05, 3.63) is 71.3 Å². The van der Waals surface area contributed by atoms with E-state index < -0.39 is 44.8 Å². The molecule has 3 aromatic rings. The summed E-state index contributed by atoms with van der Waals surface area (Å²) in [6, 6.07) is 18.3. The molecule has 2 atom stereocenters. The maximum Gasteiger partial charge on any atom is 0.242 e. The number of carbonyl (C=O) groups is 3. The van der Waals surface area contributed by atoms with Crippen LogP contribution in [0.5, 0.6) is 0 Å². The van der Waals surface area contributed by atoms with Gasteiger partial charge in [-0.1, -0.05) is 36.4 Å². The van der Waals surface area contributed by atoms with Crippen molar-refractivity contribution in [2.45, 2.75) is 25.9 Å². The van der Waals surface area contributed by atoms with Crippen LogP contribution in [0.2, 0.25) is 0 Å². The van der Waals surface area contributed by atoms with Crippen LogP contribution in [0.1, 0.15) is 23.6 Å². The lowest BCUT2D eigenvalue weighted by Crippen LogP contribution is -2.63. The first-order chi connectivity index (χ1) is 18.8. The fourth-order valence-electron chi connectivity index (χ4n) is 5.12. The molecule has 4 rings (SSSR count). The first-order valence-corrected chi connectivity index (χ1v) is 14.7. The molecular formula is C29H32ClN5O5S. The number of fused-ring (bicyclic) bond motifs is 2. The van der Waals surface area contributed by atoms with Gasteiger partial charge in [0.05, 0.1) is 35.5 Å². The molecule has 216 valence electrons. The van der Waals surface area contributed by atoms with Gasteiger partial charge in [0.2, 0.25) is 17.7 Å². The van der Waals surface area contributed by atoms with Crippen LogP contribution in [-0.4, -0.2) is 57.3 Å². The molecular weight excluding hydrogens is 566 g/mol. The number of hydrogen-bond donors (Lipinski definition) is 2. The predicted octanol–water partition coefficient (Wildman–Crippen LogP) is 2.45. The Labute approximate surface area is 245 Å². The van der Waals surface area contributed by atoms with Gasteiger partial charge in [-0.05, 0) is 61.0 Å². The van der Waals surface area contributed by atoms with Gasteiger partial charge in [0.25, 0.3) is 0 Å². The SMILES string of the molecule is CNC(C)(C(N)=O)[C@@H]1CN(C(=O)CS(C)(=O)=O)c2ccc(C#N)cc2N(Cc2c(C)ccc3ccccc23)C1=O.Cl. The van der Waals surface area contributed by atoms with Crippen LogP contribution in [0.25, 0.3) is 10.8 Å². The molecule has 0 saturated heterocycles. The number of amides is 3. The number of hydrogen-bond acceptors (Lipinski definition) is 7. The molecule has 3 N–H and O–H groups in total. The molecule has 0 spiro atoms. The smallest absolute Gasteiger partial charge is 0.242 e. The van der Waals surface area contributed by atoms with Crippen molar-refractivity contribution in [2.24, 2.45) is 11.7 Å². The highest BCUT2D eigenvalue weighted by molar-refractivity contribution is 7.91. The first kappa shape index (κ1) is 31.5. The summed E-state index contributed by atoms with van der Waals surface area (Å²) in [6.45, 7) is 3.17. The predicted molar refractivity (Wildman–Crippen MR) is 160 cm³/mol. The minimum absolute atomic E-state index is 0. The van der Waals surface area contributed by atoms with E-state index in [1.807, 2.05) is 43.3 Å². The molecule has 1 heterocycles. The number of aryl methyl sites for hydroxylation is 1. The number of anilines is 2. The standard InChI is InChI=1S/C29H31N5O5S.ClH/c1-18-9-11-20-7-5-6-8-21(20)22(18)15-34-25-13-19(14-30)10-12-24(25)33(26(35)17-40(4,38)39)16-23(27(34)36)29(2,32-3)28(31)37;/h5-13,23,32H,15-17H2,1-4H3,(H2,31,37);1H/t23-,29?;/m1./s1. The number of carbonyl (C=O) groups excluding carboxylic acids is 3. The summed E-state index contributed by atoms with van der Waals surface area (Å²) in [5, 5.41) is 14.4. The van der Waals surface area contributed by atoms with Crippen molar-refractivity contribution >= 4 is 62.1 Å². The van der Waals surface area contributed by atoms with Crippen LogP contribution < -0.4 is 20.9 Å². The lowest BCUT2D eigenvalue weighted by Gasteiger charge is -2.36. The molecule has 41 heavy (non-hydrogen) atoms. The second-order valence-corrected chi connectivity index (χ2v) is 12.4. The Morgan fingerprint density at radius 1 is 1.15 bits per heavy atom. The van der Waals surface area contributed by atoms with Crippen molar-refractivity contribution in [3.8, 4) is 6.07 Å². The Morgan fingerprint density at radius 3 is 2.44 bits per heavy atom. The van der Waals surface area contributed by atoms with Crippen LogP contribution >= 0.6 is 12.4 Å². The van der Waals surface area contributed by atoms with E-state index in [2.05, 4.69) is 11.4 Å². The Kier molecular flexibility index (Phi) is 9.13. The normalized spacial score (nSPS) is 16.7. The van der Waals surface area contributed by atoms with E-state index in [-0.39, 0.29) is 42.4 Å². The maximum atomic E-state index is 14.5. The summed E-state index contributed by atoms with van der Waals surface area (Å²) >= 11 is 0. The number of likely N-dealkylation sites (N-methyl/N-ethyl adjacent to an activating group) is 1. The molecule has 3 amide bonds. The van der Waals surface area contributed by atoms with Gasteiger partial charge in [0.1, 0.15) is 11.3 Å². The maximum absolute atomic E-state index is 14.5. The van der Waals surface area contributed by atoms with Gasteiger partial charge in [-0.25, -0.2) is 8.42 Å². The van der Waals surface area contributed by atoms with Crippen LogP contribution in [0.15, 0.2) is 54.6 Å². The largest absolute Gasteiger partial charge is 0.368 e. The van der Waals surface area contributed by atoms with E-state index in [0.29, 0.717) is 0 Å². The molecule has 0 fully saturated rings. The number of benzene rings is 3. The molecule has 10 nitrogen and oxygen atoms in total. The minimum atomic E-state index is -3.73. The third kappa shape index (κ3) is 6.05. The highest BCUT2D eigenvalue weighted by atomic mass is 35.5. The fourth-order valence-corrected chi connectivity index (χ4v) is 5.72. The highest BCUT2D eigenvalue weighted by Gasteiger charge is 2.49. The topological polar surface area (TPSA) is 154 Å². The summed E-state index contributed by atoms with van der Waals surface area (Å²) in [6.07, 6.45) is 0.946. The van der Waals surface area contributed by atoms with Crippen LogP contribution in [-0.2, 0) is 30.8 Å². The Morgan fingerprint density at radius 2 is 1.83 bits per heavy atom. The van der Waals surface area contributed by atoms with Crippen molar-refractivity contribution in [2.75, 3.05) is 35.4 Å². The second kappa shape index (κ2) is 11.9. The van der Waals surface area contributed by atoms with Crippen LogP contribution in [0.4, 0.5) is 11.4 Å². The molecule has 0 saturated carbocycles. The van der Waals surface area contributed by atoms with Gasteiger partial charge < -0.3 is 20.9 Å². The van der Waals surface area contributed by atoms with Crippen molar-refractivity contribution in [1.82, 2.24) is 5.32 Å². The molecule has 0 aliphatic carbocycles. The van der Waals surface area contributed by atoms with E-state index in [1.54, 1.807) is 0 Å². The molecule has 1 unspecified atom stereocenters. The van der Waals surface area contributed by atoms with E-state index in [4.69, 9.17) is 5.73 Å². The van der Waals surface area contributed by atoms with Gasteiger partial charge in [-0.2, -0.15) is 5.26 Å². The summed E-state index contributed by atoms with van der Waals surface area (Å²) in [4.78, 5) is 43.3. The second-order valence-electron chi connectivity index (χ2n) is 10.3. The summed E-state index contributed by atoms with van der Waals surface area (Å²) in [7, 11) is -2.24. The number of rotatable bonds is 7. The lowest BCUT2D eigenvalue weighted by atomic mass is 9.83. The molecule has 0 bridgehead atoms. The number of nitriles is 1. The molecule has 1 aliphatic heterocycles. The Bertz CT molecular complexity index is 1690. The van der Waals surface area contributed by atoms with Gasteiger partial charge in [0.15, 0.2) is 9.84 Å². The lowest BCUT2D eigenvalue weighted by molar-refractivity contribution is -0.133. The zero-order valence-corrected chi connectivity index (χ0v) is 24.8. The quantitative estimate of drug-likeness (QED) is 0.424. The highest BCUT2D eigenvalue weighted by Crippen LogP contribution is 2.39. The van der Waals surface area contributed by atoms with Crippen LogP contribution in [0, 0.1) is 24.2 Å². The number of nitrogens with two attached hydrogens (primary N) is 1. The third-order valence-electron chi connectivity index (χ3n) is 7.62. The third-order valence-corrected chi connectivity index (χ3v) is 8.39. The number of halogens is 1. The van der Waals surface area contributed by atoms with Gasteiger partial charge in [-0.3, -0.25) is 14.4 Å². The van der Waals surface area contributed by atoms with Crippen molar-refractivity contribution in [3.63, 3.8) is 0 Å². The minimum Gasteiger partial charge on any atom is -0.368 e. The molecule has 0 radical (unpaired) electrons. The number of nitrogens with zero attached hydrogens (tertiary/aromatic N) is 3. The fraction of sp³-hybridized carbons (Fsp3) is 0.310. The van der Waals surface area contributed by atoms with E-state index in [1.165, 1.54) is 42.0 Å². The van der Waals surface area contributed by atoms with Gasteiger partial charge >= 0.3 is 0 Å². The average Bonchev–Trinajstić information content (AvgIpc) is 3.02. The Hall–Kier alpha value is -3.98. The average molecular weight is 598 g/mol. The summed E-state index contributed by atoms with van der Waals surface area (Å²) in [5.74, 6) is -4.07. The van der Waals surface area contributed by atoms with E-state index >= 15 is 0 Å². The first-order valence-electron chi connectivity index (χ1n) is 12.6. The molecule has 0 aromatic heterocycles.